The van der Waals surface area contributed by atoms with E-state index < -0.39 is 0 Å². The van der Waals surface area contributed by atoms with Crippen molar-refractivity contribution in [3.05, 3.63) is 46.5 Å². The van der Waals surface area contributed by atoms with Gasteiger partial charge in [0.1, 0.15) is 10.8 Å². The highest BCUT2D eigenvalue weighted by Gasteiger charge is 2.10. The van der Waals surface area contributed by atoms with Gasteiger partial charge in [-0.1, -0.05) is 13.8 Å². The number of hydrogen-bond acceptors (Lipinski definition) is 5. The number of hydrogen-bond donors (Lipinski definition) is 1. The Balaban J connectivity index is 1.71. The molecule has 0 aliphatic heterocycles. The Labute approximate surface area is 146 Å². The van der Waals surface area contributed by atoms with Crippen molar-refractivity contribution in [2.75, 3.05) is 12.4 Å². The van der Waals surface area contributed by atoms with E-state index in [-0.39, 0.29) is 0 Å². The Morgan fingerprint density at radius 3 is 2.54 bits per heavy atom. The van der Waals surface area contributed by atoms with Gasteiger partial charge in [-0.3, -0.25) is 0 Å². The number of anilines is 1. The van der Waals surface area contributed by atoms with E-state index in [2.05, 4.69) is 33.7 Å². The molecule has 2 heterocycles. The van der Waals surface area contributed by atoms with Gasteiger partial charge in [0.05, 0.1) is 25.5 Å². The molecule has 24 heavy (non-hydrogen) atoms. The normalized spacial score (nSPS) is 11.0. The summed E-state index contributed by atoms with van der Waals surface area (Å²) in [6.07, 6.45) is 3.85. The number of imidazole rings is 1. The number of thiazole rings is 1. The predicted octanol–water partition coefficient (Wildman–Crippen LogP) is 4.29. The molecule has 0 amide bonds. The SMILES string of the molecule is COc1ccc(-c2cnc(NCc3ncc(C(C)C)s3)n2C)cc1. The van der Waals surface area contributed by atoms with Gasteiger partial charge in [-0.25, -0.2) is 9.97 Å². The first-order valence-corrected chi connectivity index (χ1v) is 8.74. The standard InChI is InChI=1S/C18H22N4OS/c1-12(2)16-10-19-17(24-16)11-21-18-20-9-15(22(18)3)13-5-7-14(23-4)8-6-13/h5-10,12H,11H2,1-4H3,(H,20,21). The molecule has 0 radical (unpaired) electrons. The molecule has 0 unspecified atom stereocenters. The fraction of sp³-hybridized carbons (Fsp3) is 0.333. The highest BCUT2D eigenvalue weighted by atomic mass is 32.1. The van der Waals surface area contributed by atoms with E-state index in [9.17, 15) is 0 Å². The van der Waals surface area contributed by atoms with Crippen LogP contribution in [0.4, 0.5) is 5.95 Å². The molecule has 0 saturated carbocycles. The van der Waals surface area contributed by atoms with E-state index >= 15 is 0 Å². The highest BCUT2D eigenvalue weighted by Crippen LogP contribution is 2.25. The van der Waals surface area contributed by atoms with Crippen LogP contribution < -0.4 is 10.1 Å². The van der Waals surface area contributed by atoms with Crippen molar-refractivity contribution in [3.63, 3.8) is 0 Å². The summed E-state index contributed by atoms with van der Waals surface area (Å²) in [6.45, 7) is 5.06. The summed E-state index contributed by atoms with van der Waals surface area (Å²) in [5.74, 6) is 2.21. The zero-order chi connectivity index (χ0) is 17.1. The van der Waals surface area contributed by atoms with E-state index in [1.807, 2.05) is 43.7 Å². The highest BCUT2D eigenvalue weighted by molar-refractivity contribution is 7.11. The lowest BCUT2D eigenvalue weighted by Gasteiger charge is -2.08. The molecule has 0 atom stereocenters. The first kappa shape index (κ1) is 16.5. The van der Waals surface area contributed by atoms with Gasteiger partial charge in [0.2, 0.25) is 5.95 Å². The molecule has 0 fully saturated rings. The molecule has 0 saturated heterocycles. The molecule has 2 aromatic heterocycles. The molecular formula is C18H22N4OS. The van der Waals surface area contributed by atoms with Crippen LogP contribution in [0.25, 0.3) is 11.3 Å². The number of nitrogens with one attached hydrogen (secondary N) is 1. The number of nitrogens with zero attached hydrogens (tertiary/aromatic N) is 3. The summed E-state index contributed by atoms with van der Waals surface area (Å²) in [5.41, 5.74) is 2.16. The van der Waals surface area contributed by atoms with Gasteiger partial charge in [0.15, 0.2) is 0 Å². The Kier molecular flexibility index (Phi) is 4.85. The van der Waals surface area contributed by atoms with Crippen molar-refractivity contribution in [2.24, 2.45) is 7.05 Å². The molecule has 5 nitrogen and oxygen atoms in total. The second-order valence-electron chi connectivity index (χ2n) is 5.92. The minimum absolute atomic E-state index is 0.520. The first-order valence-electron chi connectivity index (χ1n) is 7.93. The third-order valence-corrected chi connectivity index (χ3v) is 5.21. The minimum Gasteiger partial charge on any atom is -0.497 e. The lowest BCUT2D eigenvalue weighted by Crippen LogP contribution is -2.05. The first-order chi connectivity index (χ1) is 11.6. The largest absolute Gasteiger partial charge is 0.497 e. The van der Waals surface area contributed by atoms with Crippen LogP contribution in [0.2, 0.25) is 0 Å². The van der Waals surface area contributed by atoms with Crippen LogP contribution in [-0.2, 0) is 13.6 Å². The van der Waals surface area contributed by atoms with Crippen LogP contribution in [0.5, 0.6) is 5.75 Å². The van der Waals surface area contributed by atoms with Crippen molar-refractivity contribution in [3.8, 4) is 17.0 Å². The Hall–Kier alpha value is -2.34. The van der Waals surface area contributed by atoms with E-state index in [0.29, 0.717) is 12.5 Å². The second-order valence-corrected chi connectivity index (χ2v) is 7.07. The van der Waals surface area contributed by atoms with Crippen LogP contribution in [-0.4, -0.2) is 21.6 Å². The fourth-order valence-electron chi connectivity index (χ4n) is 2.43. The third-order valence-electron chi connectivity index (χ3n) is 3.91. The molecule has 126 valence electrons. The van der Waals surface area contributed by atoms with Gasteiger partial charge in [-0.05, 0) is 30.2 Å². The number of benzene rings is 1. The zero-order valence-electron chi connectivity index (χ0n) is 14.4. The van der Waals surface area contributed by atoms with E-state index in [0.717, 1.165) is 28.0 Å². The molecular weight excluding hydrogens is 320 g/mol. The second kappa shape index (κ2) is 7.05. The summed E-state index contributed by atoms with van der Waals surface area (Å²) >= 11 is 1.75. The van der Waals surface area contributed by atoms with Crippen LogP contribution in [0.1, 0.15) is 29.7 Å². The van der Waals surface area contributed by atoms with Crippen molar-refractivity contribution in [1.82, 2.24) is 14.5 Å². The molecule has 0 aliphatic rings. The average Bonchev–Trinajstić information content (AvgIpc) is 3.20. The summed E-state index contributed by atoms with van der Waals surface area (Å²) in [4.78, 5) is 10.3. The fourth-order valence-corrected chi connectivity index (χ4v) is 3.29. The van der Waals surface area contributed by atoms with Gasteiger partial charge >= 0.3 is 0 Å². The van der Waals surface area contributed by atoms with Crippen LogP contribution in [0, 0.1) is 0 Å². The number of methoxy groups -OCH3 is 1. The molecule has 1 N–H and O–H groups in total. The predicted molar refractivity (Wildman–Crippen MR) is 98.7 cm³/mol. The van der Waals surface area contributed by atoms with Gasteiger partial charge in [-0.15, -0.1) is 11.3 Å². The maximum absolute atomic E-state index is 5.21. The van der Waals surface area contributed by atoms with Gasteiger partial charge in [-0.2, -0.15) is 0 Å². The van der Waals surface area contributed by atoms with E-state index in [1.54, 1.807) is 18.4 Å². The monoisotopic (exact) mass is 342 g/mol. The molecule has 3 aromatic rings. The number of aromatic nitrogens is 3. The van der Waals surface area contributed by atoms with E-state index in [4.69, 9.17) is 4.74 Å². The Morgan fingerprint density at radius 1 is 1.17 bits per heavy atom. The molecule has 0 spiro atoms. The van der Waals surface area contributed by atoms with Crippen molar-refractivity contribution >= 4 is 17.3 Å². The van der Waals surface area contributed by atoms with Crippen LogP contribution >= 0.6 is 11.3 Å². The number of rotatable bonds is 6. The smallest absolute Gasteiger partial charge is 0.203 e. The summed E-state index contributed by atoms with van der Waals surface area (Å²) in [7, 11) is 3.68. The quantitative estimate of drug-likeness (QED) is 0.726. The summed E-state index contributed by atoms with van der Waals surface area (Å²) < 4.78 is 7.26. The Bertz CT molecular complexity index is 805. The van der Waals surface area contributed by atoms with Crippen LogP contribution in [0.3, 0.4) is 0 Å². The molecule has 6 heteroatoms. The van der Waals surface area contributed by atoms with Crippen LogP contribution in [0.15, 0.2) is 36.7 Å². The maximum Gasteiger partial charge on any atom is 0.203 e. The van der Waals surface area contributed by atoms with E-state index in [1.165, 1.54) is 4.88 Å². The van der Waals surface area contributed by atoms with Crippen molar-refractivity contribution < 1.29 is 4.74 Å². The van der Waals surface area contributed by atoms with Gasteiger partial charge in [0.25, 0.3) is 0 Å². The van der Waals surface area contributed by atoms with Gasteiger partial charge in [0, 0.05) is 23.7 Å². The molecule has 3 rings (SSSR count). The molecule has 0 bridgehead atoms. The molecule has 0 aliphatic carbocycles. The van der Waals surface area contributed by atoms with Gasteiger partial charge < -0.3 is 14.6 Å². The summed E-state index contributed by atoms with van der Waals surface area (Å²) in [5, 5.41) is 4.45. The third kappa shape index (κ3) is 3.43. The van der Waals surface area contributed by atoms with Crippen molar-refractivity contribution in [1.29, 1.82) is 0 Å². The zero-order valence-corrected chi connectivity index (χ0v) is 15.2. The number of ether oxygens (including phenoxy) is 1. The topological polar surface area (TPSA) is 52.0 Å². The minimum atomic E-state index is 0.520. The Morgan fingerprint density at radius 2 is 1.92 bits per heavy atom. The molecule has 1 aromatic carbocycles. The van der Waals surface area contributed by atoms with Crippen molar-refractivity contribution in [2.45, 2.75) is 26.3 Å². The maximum atomic E-state index is 5.21. The lowest BCUT2D eigenvalue weighted by atomic mass is 10.1. The summed E-state index contributed by atoms with van der Waals surface area (Å²) in [6, 6.07) is 7.99. The average molecular weight is 342 g/mol. The lowest BCUT2D eigenvalue weighted by molar-refractivity contribution is 0.415.